The lowest BCUT2D eigenvalue weighted by Crippen LogP contribution is -2.41. The highest BCUT2D eigenvalue weighted by molar-refractivity contribution is 7.99. The van der Waals surface area contributed by atoms with Crippen LogP contribution in [0.3, 0.4) is 0 Å². The molecule has 0 spiro atoms. The highest BCUT2D eigenvalue weighted by Gasteiger charge is 2.17. The minimum atomic E-state index is -0.435. The van der Waals surface area contributed by atoms with Gasteiger partial charge in [-0.25, -0.2) is 9.66 Å². The molecule has 10 heteroatoms. The van der Waals surface area contributed by atoms with Crippen LogP contribution in [0.5, 0.6) is 0 Å². The van der Waals surface area contributed by atoms with Crippen molar-refractivity contribution >= 4 is 45.1 Å². The van der Waals surface area contributed by atoms with Crippen LogP contribution in [0.25, 0.3) is 21.3 Å². The first-order valence-electron chi connectivity index (χ1n) is 7.50. The highest BCUT2D eigenvalue weighted by atomic mass is 32.2. The van der Waals surface area contributed by atoms with Crippen molar-refractivity contribution < 1.29 is 9.59 Å². The van der Waals surface area contributed by atoms with Gasteiger partial charge in [0.2, 0.25) is 11.8 Å². The second-order valence-electron chi connectivity index (χ2n) is 5.28. The van der Waals surface area contributed by atoms with Gasteiger partial charge in [0.05, 0.1) is 11.1 Å². The number of nitrogens with one attached hydrogen (secondary N) is 2. The summed E-state index contributed by atoms with van der Waals surface area (Å²) in [6.07, 6.45) is 0. The van der Waals surface area contributed by atoms with Gasteiger partial charge in [-0.3, -0.25) is 25.2 Å². The summed E-state index contributed by atoms with van der Waals surface area (Å²) >= 11 is 2.35. The van der Waals surface area contributed by atoms with Gasteiger partial charge in [-0.1, -0.05) is 42.1 Å². The van der Waals surface area contributed by atoms with E-state index in [-0.39, 0.29) is 22.4 Å². The number of aromatic nitrogens is 2. The van der Waals surface area contributed by atoms with Gasteiger partial charge >= 0.3 is 0 Å². The van der Waals surface area contributed by atoms with Crippen LogP contribution in [0.4, 0.5) is 0 Å². The van der Waals surface area contributed by atoms with Crippen LogP contribution in [0, 0.1) is 0 Å². The number of carbonyl (C=O) groups is 2. The van der Waals surface area contributed by atoms with E-state index in [0.717, 1.165) is 27.6 Å². The molecule has 3 aromatic rings. The van der Waals surface area contributed by atoms with Crippen molar-refractivity contribution in [1.29, 1.82) is 0 Å². The molecule has 0 aliphatic carbocycles. The number of fused-ring (bicyclic) bond motifs is 1. The Kier molecular flexibility index (Phi) is 5.24. The predicted molar refractivity (Wildman–Crippen MR) is 102 cm³/mol. The number of nitrogens with zero attached hydrogens (tertiary/aromatic N) is 2. The van der Waals surface area contributed by atoms with Crippen molar-refractivity contribution in [3.05, 3.63) is 46.1 Å². The van der Waals surface area contributed by atoms with Gasteiger partial charge in [-0.05, 0) is 5.56 Å². The number of thiophene rings is 1. The molecule has 0 radical (unpaired) electrons. The largest absolute Gasteiger partial charge is 0.334 e. The van der Waals surface area contributed by atoms with E-state index >= 15 is 0 Å². The van der Waals surface area contributed by atoms with Crippen LogP contribution in [0.2, 0.25) is 0 Å². The molecular formula is C16H15N5O3S2. The summed E-state index contributed by atoms with van der Waals surface area (Å²) in [6, 6.07) is 9.52. The Morgan fingerprint density at radius 3 is 2.69 bits per heavy atom. The molecule has 26 heavy (non-hydrogen) atoms. The van der Waals surface area contributed by atoms with Gasteiger partial charge in [0.1, 0.15) is 4.83 Å². The van der Waals surface area contributed by atoms with Gasteiger partial charge in [-0.2, -0.15) is 0 Å². The molecule has 2 heterocycles. The fourth-order valence-corrected chi connectivity index (χ4v) is 3.95. The molecule has 2 amide bonds. The number of hydrogen-bond donors (Lipinski definition) is 3. The monoisotopic (exact) mass is 389 g/mol. The standard InChI is InChI=1S/C16H15N5O3S2/c1-9(22)19-20-12(23)8-26-16-18-14-13(15(24)21(16)17)11(7-25-14)10-5-3-2-4-6-10/h2-7H,8,17H2,1H3,(H,19,22)(H,20,23). The number of hydrazine groups is 1. The number of benzene rings is 1. The molecule has 3 rings (SSSR count). The lowest BCUT2D eigenvalue weighted by molar-refractivity contribution is -0.126. The van der Waals surface area contributed by atoms with E-state index < -0.39 is 5.91 Å². The maximum atomic E-state index is 12.7. The van der Waals surface area contributed by atoms with Gasteiger partial charge < -0.3 is 5.84 Å². The van der Waals surface area contributed by atoms with Crippen molar-refractivity contribution in [2.24, 2.45) is 0 Å². The van der Waals surface area contributed by atoms with Crippen LogP contribution < -0.4 is 22.3 Å². The maximum Gasteiger partial charge on any atom is 0.282 e. The van der Waals surface area contributed by atoms with Gasteiger partial charge in [0.15, 0.2) is 5.16 Å². The summed E-state index contributed by atoms with van der Waals surface area (Å²) in [4.78, 5) is 40.1. The lowest BCUT2D eigenvalue weighted by atomic mass is 10.1. The molecule has 8 nitrogen and oxygen atoms in total. The molecule has 0 aliphatic heterocycles. The van der Waals surface area contributed by atoms with Crippen LogP contribution in [-0.4, -0.2) is 27.2 Å². The molecule has 0 aliphatic rings. The Bertz CT molecular complexity index is 1030. The third kappa shape index (κ3) is 3.70. The number of hydrogen-bond acceptors (Lipinski definition) is 7. The van der Waals surface area contributed by atoms with Crippen molar-refractivity contribution in [3.63, 3.8) is 0 Å². The quantitative estimate of drug-likeness (QED) is 0.266. The number of carbonyl (C=O) groups excluding carboxylic acids is 2. The Morgan fingerprint density at radius 2 is 2.00 bits per heavy atom. The zero-order valence-corrected chi connectivity index (χ0v) is 15.3. The number of amides is 2. The van der Waals surface area contributed by atoms with E-state index in [4.69, 9.17) is 5.84 Å². The first-order chi connectivity index (χ1) is 12.5. The van der Waals surface area contributed by atoms with Gasteiger partial charge in [0.25, 0.3) is 5.56 Å². The molecule has 0 saturated heterocycles. The Morgan fingerprint density at radius 1 is 1.27 bits per heavy atom. The van der Waals surface area contributed by atoms with E-state index in [1.54, 1.807) is 0 Å². The van der Waals surface area contributed by atoms with Crippen LogP contribution >= 0.6 is 23.1 Å². The molecule has 2 aromatic heterocycles. The van der Waals surface area contributed by atoms with E-state index in [0.29, 0.717) is 10.2 Å². The summed E-state index contributed by atoms with van der Waals surface area (Å²) in [5, 5.41) is 2.55. The van der Waals surface area contributed by atoms with Crippen LogP contribution in [0.15, 0.2) is 45.7 Å². The van der Waals surface area contributed by atoms with E-state index in [9.17, 15) is 14.4 Å². The number of rotatable bonds is 4. The summed E-state index contributed by atoms with van der Waals surface area (Å²) in [5.74, 6) is 5.02. The number of thioether (sulfide) groups is 1. The molecule has 4 N–H and O–H groups in total. The van der Waals surface area contributed by atoms with Gasteiger partial charge in [-0.15, -0.1) is 11.3 Å². The summed E-state index contributed by atoms with van der Waals surface area (Å²) in [5.41, 5.74) is 5.74. The molecule has 0 unspecified atom stereocenters. The fraction of sp³-hybridized carbons (Fsp3) is 0.125. The summed E-state index contributed by atoms with van der Waals surface area (Å²) in [6.45, 7) is 1.28. The molecule has 1 aromatic carbocycles. The third-order valence-electron chi connectivity index (χ3n) is 3.40. The first-order valence-corrected chi connectivity index (χ1v) is 9.37. The summed E-state index contributed by atoms with van der Waals surface area (Å²) < 4.78 is 0.942. The van der Waals surface area contributed by atoms with E-state index in [2.05, 4.69) is 15.8 Å². The van der Waals surface area contributed by atoms with Crippen molar-refractivity contribution in [2.75, 3.05) is 11.6 Å². The molecule has 0 saturated carbocycles. The highest BCUT2D eigenvalue weighted by Crippen LogP contribution is 2.31. The van der Waals surface area contributed by atoms with Crippen molar-refractivity contribution in [3.8, 4) is 11.1 Å². The van der Waals surface area contributed by atoms with Crippen molar-refractivity contribution in [1.82, 2.24) is 20.5 Å². The molecule has 0 atom stereocenters. The molecule has 134 valence electrons. The molecule has 0 bridgehead atoms. The smallest absolute Gasteiger partial charge is 0.282 e. The topological polar surface area (TPSA) is 119 Å². The zero-order valence-electron chi connectivity index (χ0n) is 13.7. The molecule has 0 fully saturated rings. The Balaban J connectivity index is 1.88. The predicted octanol–water partition coefficient (Wildman–Crippen LogP) is 1.10. The number of nitrogens with two attached hydrogens (primary N) is 1. The molecular weight excluding hydrogens is 374 g/mol. The van der Waals surface area contributed by atoms with E-state index in [1.807, 2.05) is 35.7 Å². The Hall–Kier alpha value is -2.85. The van der Waals surface area contributed by atoms with Gasteiger partial charge in [0, 0.05) is 17.9 Å². The van der Waals surface area contributed by atoms with E-state index in [1.165, 1.54) is 18.3 Å². The Labute approximate surface area is 156 Å². The van der Waals surface area contributed by atoms with Crippen LogP contribution in [0.1, 0.15) is 6.92 Å². The average Bonchev–Trinajstić information content (AvgIpc) is 3.06. The second kappa shape index (κ2) is 7.58. The fourth-order valence-electron chi connectivity index (χ4n) is 2.24. The SMILES string of the molecule is CC(=O)NNC(=O)CSc1nc2scc(-c3ccccc3)c2c(=O)n1N. The normalized spacial score (nSPS) is 10.7. The lowest BCUT2D eigenvalue weighted by Gasteiger charge is -2.08. The number of nitrogen functional groups attached to an aromatic ring is 1. The first kappa shape index (κ1) is 18.0. The van der Waals surface area contributed by atoms with Crippen molar-refractivity contribution in [2.45, 2.75) is 12.1 Å². The average molecular weight is 389 g/mol. The van der Waals surface area contributed by atoms with Crippen LogP contribution in [-0.2, 0) is 9.59 Å². The summed E-state index contributed by atoms with van der Waals surface area (Å²) in [7, 11) is 0. The minimum absolute atomic E-state index is 0.0493. The zero-order chi connectivity index (χ0) is 18.7. The second-order valence-corrected chi connectivity index (χ2v) is 7.08. The third-order valence-corrected chi connectivity index (χ3v) is 5.23. The minimum Gasteiger partial charge on any atom is -0.334 e. The maximum absolute atomic E-state index is 12.7.